The Morgan fingerprint density at radius 3 is 2.23 bits per heavy atom. The van der Waals surface area contributed by atoms with Gasteiger partial charge in [0.25, 0.3) is 0 Å². The molecule has 6 heteroatoms. The number of rotatable bonds is 8. The van der Waals surface area contributed by atoms with Gasteiger partial charge in [0, 0.05) is 56.7 Å². The fourth-order valence-corrected chi connectivity index (χ4v) is 3.66. The first-order valence-corrected chi connectivity index (χ1v) is 10.3. The van der Waals surface area contributed by atoms with E-state index in [0.29, 0.717) is 18.7 Å². The summed E-state index contributed by atoms with van der Waals surface area (Å²) in [5.74, 6) is 1.71. The average molecular weight is 411 g/mol. The second-order valence-electron chi connectivity index (χ2n) is 7.62. The Bertz CT molecular complexity index is 871. The normalized spacial score (nSPS) is 14.4. The topological polar surface area (TPSA) is 59.1 Å². The van der Waals surface area contributed by atoms with E-state index in [9.17, 15) is 9.59 Å². The molecule has 0 bridgehead atoms. The molecule has 1 fully saturated rings. The van der Waals surface area contributed by atoms with E-state index in [1.54, 1.807) is 14.2 Å². The van der Waals surface area contributed by atoms with Crippen molar-refractivity contribution >= 4 is 11.7 Å². The van der Waals surface area contributed by atoms with Crippen molar-refractivity contribution in [1.82, 2.24) is 9.80 Å². The van der Waals surface area contributed by atoms with E-state index in [2.05, 4.69) is 4.90 Å². The summed E-state index contributed by atoms with van der Waals surface area (Å²) in [7, 11) is 3.32. The molecule has 2 aromatic carbocycles. The number of amides is 1. The van der Waals surface area contributed by atoms with Crippen LogP contribution in [0.15, 0.2) is 42.5 Å². The van der Waals surface area contributed by atoms with Crippen LogP contribution in [0.25, 0.3) is 0 Å². The minimum absolute atomic E-state index is 0.0205. The molecular weight excluding hydrogens is 380 g/mol. The van der Waals surface area contributed by atoms with Gasteiger partial charge in [-0.1, -0.05) is 29.8 Å². The van der Waals surface area contributed by atoms with Crippen molar-refractivity contribution in [1.29, 1.82) is 0 Å². The molecule has 0 aliphatic carbocycles. The smallest absolute Gasteiger partial charge is 0.223 e. The fourth-order valence-electron chi connectivity index (χ4n) is 3.66. The molecular formula is C24H30N2O4. The predicted molar refractivity (Wildman–Crippen MR) is 116 cm³/mol. The zero-order valence-corrected chi connectivity index (χ0v) is 18.0. The molecule has 0 unspecified atom stereocenters. The lowest BCUT2D eigenvalue weighted by Gasteiger charge is -2.35. The number of carbonyl (C=O) groups excluding carboxylic acids is 2. The van der Waals surface area contributed by atoms with Crippen LogP contribution in [0.2, 0.25) is 0 Å². The Morgan fingerprint density at radius 1 is 0.900 bits per heavy atom. The summed E-state index contributed by atoms with van der Waals surface area (Å²) in [5.41, 5.74) is 2.86. The Kier molecular flexibility index (Phi) is 7.46. The minimum atomic E-state index is 0.0205. The second kappa shape index (κ2) is 10.3. The molecule has 1 amide bonds. The molecule has 0 saturated carbocycles. The van der Waals surface area contributed by atoms with Crippen LogP contribution in [0.4, 0.5) is 0 Å². The van der Waals surface area contributed by atoms with Gasteiger partial charge >= 0.3 is 0 Å². The first kappa shape index (κ1) is 21.8. The van der Waals surface area contributed by atoms with Crippen molar-refractivity contribution in [2.75, 3.05) is 40.4 Å². The van der Waals surface area contributed by atoms with Crippen molar-refractivity contribution in [3.05, 3.63) is 59.2 Å². The molecule has 0 N–H and O–H groups in total. The Balaban J connectivity index is 1.47. The number of hydrogen-bond donors (Lipinski definition) is 0. The minimum Gasteiger partial charge on any atom is -0.497 e. The van der Waals surface area contributed by atoms with E-state index >= 15 is 0 Å². The number of nitrogens with zero attached hydrogens (tertiary/aromatic N) is 2. The maximum atomic E-state index is 12.6. The van der Waals surface area contributed by atoms with Crippen LogP contribution in [0.5, 0.6) is 11.5 Å². The molecule has 1 saturated heterocycles. The van der Waals surface area contributed by atoms with E-state index in [-0.39, 0.29) is 24.5 Å². The van der Waals surface area contributed by atoms with Gasteiger partial charge in [0.2, 0.25) is 5.91 Å². The average Bonchev–Trinajstić information content (AvgIpc) is 2.78. The SMILES string of the molecule is COc1ccc(OC)c(CN2CCN(C(=O)CCC(=O)c3ccc(C)cc3)CC2)c1. The predicted octanol–water partition coefficient (Wildman–Crippen LogP) is 3.32. The van der Waals surface area contributed by atoms with Gasteiger partial charge in [0.15, 0.2) is 5.78 Å². The highest BCUT2D eigenvalue weighted by atomic mass is 16.5. The number of Topliss-reactive ketones (excluding diaryl/α,β-unsaturated/α-hetero) is 1. The number of ether oxygens (including phenoxy) is 2. The fraction of sp³-hybridized carbons (Fsp3) is 0.417. The Morgan fingerprint density at radius 2 is 1.60 bits per heavy atom. The number of carbonyl (C=O) groups is 2. The zero-order chi connectivity index (χ0) is 21.5. The molecule has 1 heterocycles. The summed E-state index contributed by atoms with van der Waals surface area (Å²) in [6, 6.07) is 13.3. The van der Waals surface area contributed by atoms with Crippen molar-refractivity contribution in [3.8, 4) is 11.5 Å². The first-order chi connectivity index (χ1) is 14.5. The molecule has 2 aromatic rings. The number of aryl methyl sites for hydroxylation is 1. The summed E-state index contributed by atoms with van der Waals surface area (Å²) in [5, 5.41) is 0. The molecule has 160 valence electrons. The third kappa shape index (κ3) is 5.60. The summed E-state index contributed by atoms with van der Waals surface area (Å²) >= 11 is 0. The van der Waals surface area contributed by atoms with Gasteiger partial charge in [-0.15, -0.1) is 0 Å². The van der Waals surface area contributed by atoms with Gasteiger partial charge in [-0.3, -0.25) is 14.5 Å². The summed E-state index contributed by atoms with van der Waals surface area (Å²) in [6.07, 6.45) is 0.513. The van der Waals surface area contributed by atoms with E-state index in [4.69, 9.17) is 9.47 Å². The van der Waals surface area contributed by atoms with E-state index in [1.807, 2.05) is 54.3 Å². The van der Waals surface area contributed by atoms with E-state index in [0.717, 1.165) is 42.3 Å². The number of methoxy groups -OCH3 is 2. The molecule has 30 heavy (non-hydrogen) atoms. The Labute approximate surface area is 178 Å². The van der Waals surface area contributed by atoms with Crippen LogP contribution < -0.4 is 9.47 Å². The third-order valence-corrected chi connectivity index (χ3v) is 5.55. The highest BCUT2D eigenvalue weighted by molar-refractivity contribution is 5.98. The van der Waals surface area contributed by atoms with E-state index < -0.39 is 0 Å². The van der Waals surface area contributed by atoms with Gasteiger partial charge in [-0.05, 0) is 25.1 Å². The van der Waals surface area contributed by atoms with Crippen molar-refractivity contribution < 1.29 is 19.1 Å². The molecule has 0 aromatic heterocycles. The number of hydrogen-bond acceptors (Lipinski definition) is 5. The van der Waals surface area contributed by atoms with Crippen LogP contribution in [-0.2, 0) is 11.3 Å². The van der Waals surface area contributed by atoms with Gasteiger partial charge in [0.1, 0.15) is 11.5 Å². The largest absolute Gasteiger partial charge is 0.497 e. The lowest BCUT2D eigenvalue weighted by Crippen LogP contribution is -2.48. The van der Waals surface area contributed by atoms with E-state index in [1.165, 1.54) is 0 Å². The zero-order valence-electron chi connectivity index (χ0n) is 18.0. The summed E-state index contributed by atoms with van der Waals surface area (Å²) in [6.45, 7) is 5.65. The van der Waals surface area contributed by atoms with Crippen LogP contribution in [0.3, 0.4) is 0 Å². The Hall–Kier alpha value is -2.86. The highest BCUT2D eigenvalue weighted by Gasteiger charge is 2.22. The second-order valence-corrected chi connectivity index (χ2v) is 7.62. The molecule has 3 rings (SSSR count). The molecule has 0 radical (unpaired) electrons. The maximum Gasteiger partial charge on any atom is 0.223 e. The molecule has 0 atom stereocenters. The van der Waals surface area contributed by atoms with Gasteiger partial charge in [-0.25, -0.2) is 0 Å². The monoisotopic (exact) mass is 410 g/mol. The number of piperazine rings is 1. The molecule has 1 aliphatic heterocycles. The quantitative estimate of drug-likeness (QED) is 0.625. The first-order valence-electron chi connectivity index (χ1n) is 10.3. The maximum absolute atomic E-state index is 12.6. The lowest BCUT2D eigenvalue weighted by molar-refractivity contribution is -0.133. The van der Waals surface area contributed by atoms with Crippen LogP contribution >= 0.6 is 0 Å². The van der Waals surface area contributed by atoms with Crippen LogP contribution in [0, 0.1) is 6.92 Å². The lowest BCUT2D eigenvalue weighted by atomic mass is 10.0. The van der Waals surface area contributed by atoms with Crippen LogP contribution in [0.1, 0.15) is 34.3 Å². The standard InChI is InChI=1S/C24H30N2O4/c1-18-4-6-19(7-5-18)22(27)9-11-24(28)26-14-12-25(13-15-26)17-20-16-21(29-2)8-10-23(20)30-3/h4-8,10,16H,9,11-15,17H2,1-3H3. The molecule has 1 aliphatic rings. The number of ketones is 1. The van der Waals surface area contributed by atoms with Gasteiger partial charge < -0.3 is 14.4 Å². The number of benzene rings is 2. The van der Waals surface area contributed by atoms with Crippen molar-refractivity contribution in [3.63, 3.8) is 0 Å². The molecule has 0 spiro atoms. The third-order valence-electron chi connectivity index (χ3n) is 5.55. The van der Waals surface area contributed by atoms with Gasteiger partial charge in [0.05, 0.1) is 14.2 Å². The van der Waals surface area contributed by atoms with Crippen molar-refractivity contribution in [2.45, 2.75) is 26.3 Å². The summed E-state index contributed by atoms with van der Waals surface area (Å²) < 4.78 is 10.8. The molecule has 6 nitrogen and oxygen atoms in total. The van der Waals surface area contributed by atoms with Crippen LogP contribution in [-0.4, -0.2) is 61.9 Å². The highest BCUT2D eigenvalue weighted by Crippen LogP contribution is 2.25. The van der Waals surface area contributed by atoms with Gasteiger partial charge in [-0.2, -0.15) is 0 Å². The summed E-state index contributed by atoms with van der Waals surface area (Å²) in [4.78, 5) is 29.0. The van der Waals surface area contributed by atoms with Crippen molar-refractivity contribution in [2.24, 2.45) is 0 Å².